The predicted molar refractivity (Wildman–Crippen MR) is 52.5 cm³/mol. The van der Waals surface area contributed by atoms with Crippen molar-refractivity contribution in [2.75, 3.05) is 4.72 Å². The fourth-order valence-electron chi connectivity index (χ4n) is 0.860. The zero-order chi connectivity index (χ0) is 10.8. The van der Waals surface area contributed by atoms with Crippen molar-refractivity contribution in [2.24, 2.45) is 0 Å². The zero-order valence-corrected chi connectivity index (χ0v) is 7.95. The molecule has 0 saturated carbocycles. The summed E-state index contributed by atoms with van der Waals surface area (Å²) in [6, 6.07) is 3.42. The van der Waals surface area contributed by atoms with Crippen LogP contribution in [0.5, 0.6) is 11.5 Å². The first-order valence-corrected chi connectivity index (χ1v) is 5.16. The molecule has 3 N–H and O–H groups in total. The number of rotatable bonds is 3. The molecule has 0 saturated heterocycles. The van der Waals surface area contributed by atoms with Crippen LogP contribution in [0.2, 0.25) is 0 Å². The van der Waals surface area contributed by atoms with Gasteiger partial charge in [0.2, 0.25) is 0 Å². The minimum atomic E-state index is -3.61. The Hall–Kier alpha value is -1.69. The molecular weight excluding hydrogens is 206 g/mol. The normalized spacial score (nSPS) is 10.9. The average Bonchev–Trinajstić information content (AvgIpc) is 2.01. The van der Waals surface area contributed by atoms with Crippen LogP contribution >= 0.6 is 0 Å². The molecule has 0 spiro atoms. The highest BCUT2D eigenvalue weighted by atomic mass is 32.2. The van der Waals surface area contributed by atoms with Crippen molar-refractivity contribution in [3.8, 4) is 11.5 Å². The molecule has 0 atom stereocenters. The van der Waals surface area contributed by atoms with Gasteiger partial charge in [0.1, 0.15) is 11.5 Å². The van der Waals surface area contributed by atoms with Crippen LogP contribution in [0.25, 0.3) is 0 Å². The van der Waals surface area contributed by atoms with Crippen molar-refractivity contribution < 1.29 is 18.6 Å². The Morgan fingerprint density at radius 3 is 2.14 bits per heavy atom. The number of hydrogen-bond donors (Lipinski definition) is 3. The van der Waals surface area contributed by atoms with Crippen LogP contribution in [0.1, 0.15) is 0 Å². The molecule has 0 heterocycles. The highest BCUT2D eigenvalue weighted by Gasteiger charge is 2.06. The molecule has 1 rings (SSSR count). The van der Waals surface area contributed by atoms with Crippen molar-refractivity contribution in [1.82, 2.24) is 0 Å². The number of anilines is 1. The predicted octanol–water partition coefficient (Wildman–Crippen LogP) is 0.983. The Morgan fingerprint density at radius 1 is 1.21 bits per heavy atom. The van der Waals surface area contributed by atoms with Crippen LogP contribution < -0.4 is 4.72 Å². The molecule has 76 valence electrons. The zero-order valence-electron chi connectivity index (χ0n) is 7.14. The summed E-state index contributed by atoms with van der Waals surface area (Å²) in [5, 5.41) is 18.8. The molecule has 0 fully saturated rings. The smallest absolute Gasteiger partial charge is 0.254 e. The van der Waals surface area contributed by atoms with E-state index >= 15 is 0 Å². The molecule has 1 aromatic rings. The van der Waals surface area contributed by atoms with Crippen molar-refractivity contribution in [3.05, 3.63) is 30.2 Å². The fourth-order valence-corrected chi connectivity index (χ4v) is 1.39. The lowest BCUT2D eigenvalue weighted by molar-refractivity contribution is 0.451. The van der Waals surface area contributed by atoms with Gasteiger partial charge in [0.25, 0.3) is 10.0 Å². The number of sulfonamides is 1. The van der Waals surface area contributed by atoms with Gasteiger partial charge in [-0.25, -0.2) is 8.42 Å². The van der Waals surface area contributed by atoms with Crippen molar-refractivity contribution in [3.63, 3.8) is 0 Å². The largest absolute Gasteiger partial charge is 0.508 e. The van der Waals surface area contributed by atoms with Gasteiger partial charge in [-0.3, -0.25) is 4.72 Å². The van der Waals surface area contributed by atoms with E-state index in [4.69, 9.17) is 10.2 Å². The standard InChI is InChI=1S/C8H9NO4S/c1-2-14(12,13)9-6-3-7(10)5-8(11)4-6/h2-5,9-11H,1H2. The lowest BCUT2D eigenvalue weighted by atomic mass is 10.3. The third-order valence-corrected chi connectivity index (χ3v) is 2.34. The minimum Gasteiger partial charge on any atom is -0.508 e. The van der Waals surface area contributed by atoms with E-state index in [0.717, 1.165) is 11.5 Å². The highest BCUT2D eigenvalue weighted by Crippen LogP contribution is 2.24. The molecule has 0 aromatic heterocycles. The minimum absolute atomic E-state index is 0.0717. The van der Waals surface area contributed by atoms with Gasteiger partial charge in [0.15, 0.2) is 0 Å². The summed E-state index contributed by atoms with van der Waals surface area (Å²) >= 11 is 0. The monoisotopic (exact) mass is 215 g/mol. The van der Waals surface area contributed by atoms with E-state index in [1.165, 1.54) is 12.1 Å². The molecule has 0 amide bonds. The molecule has 0 aliphatic carbocycles. The summed E-state index contributed by atoms with van der Waals surface area (Å²) in [7, 11) is -3.61. The molecule has 0 unspecified atom stereocenters. The summed E-state index contributed by atoms with van der Waals surface area (Å²) in [4.78, 5) is 0. The van der Waals surface area contributed by atoms with Gasteiger partial charge in [-0.2, -0.15) is 0 Å². The number of nitrogens with one attached hydrogen (secondary N) is 1. The lowest BCUT2D eigenvalue weighted by Crippen LogP contribution is -2.07. The first kappa shape index (κ1) is 10.4. The van der Waals surface area contributed by atoms with Gasteiger partial charge < -0.3 is 10.2 Å². The molecule has 14 heavy (non-hydrogen) atoms. The lowest BCUT2D eigenvalue weighted by Gasteiger charge is -2.04. The Morgan fingerprint density at radius 2 is 1.71 bits per heavy atom. The van der Waals surface area contributed by atoms with E-state index in [9.17, 15) is 8.42 Å². The van der Waals surface area contributed by atoms with E-state index in [2.05, 4.69) is 11.3 Å². The van der Waals surface area contributed by atoms with Crippen molar-refractivity contribution >= 4 is 15.7 Å². The second-order valence-electron chi connectivity index (χ2n) is 2.55. The Balaban J connectivity index is 3.04. The van der Waals surface area contributed by atoms with E-state index in [1.807, 2.05) is 0 Å². The first-order chi connectivity index (χ1) is 6.43. The number of hydrogen-bond acceptors (Lipinski definition) is 4. The topological polar surface area (TPSA) is 86.6 Å². The van der Waals surface area contributed by atoms with Crippen LogP contribution in [0.4, 0.5) is 5.69 Å². The second-order valence-corrected chi connectivity index (χ2v) is 4.18. The Bertz CT molecular complexity index is 432. The maximum Gasteiger partial charge on any atom is 0.254 e. The molecule has 0 radical (unpaired) electrons. The van der Waals surface area contributed by atoms with Crippen LogP contribution in [0, 0.1) is 0 Å². The van der Waals surface area contributed by atoms with Gasteiger partial charge in [0, 0.05) is 23.6 Å². The van der Waals surface area contributed by atoms with Crippen molar-refractivity contribution in [1.29, 1.82) is 0 Å². The SMILES string of the molecule is C=CS(=O)(=O)Nc1cc(O)cc(O)c1. The van der Waals surface area contributed by atoms with Gasteiger partial charge in [-0.1, -0.05) is 6.58 Å². The van der Waals surface area contributed by atoms with Crippen LogP contribution in [0.15, 0.2) is 30.2 Å². The molecule has 0 aliphatic rings. The van der Waals surface area contributed by atoms with Gasteiger partial charge in [0.05, 0.1) is 5.69 Å². The Labute approximate surface area is 81.4 Å². The van der Waals surface area contributed by atoms with Crippen LogP contribution in [-0.2, 0) is 10.0 Å². The number of benzene rings is 1. The Kier molecular flexibility index (Phi) is 2.66. The molecule has 6 heteroatoms. The average molecular weight is 215 g/mol. The summed E-state index contributed by atoms with van der Waals surface area (Å²) in [5.41, 5.74) is 0.0717. The molecule has 1 aromatic carbocycles. The summed E-state index contributed by atoms with van der Waals surface area (Å²) in [6.45, 7) is 3.10. The molecule has 5 nitrogen and oxygen atoms in total. The van der Waals surface area contributed by atoms with E-state index < -0.39 is 10.0 Å². The van der Waals surface area contributed by atoms with Gasteiger partial charge >= 0.3 is 0 Å². The van der Waals surface area contributed by atoms with Crippen LogP contribution in [-0.4, -0.2) is 18.6 Å². The first-order valence-electron chi connectivity index (χ1n) is 3.61. The fraction of sp³-hybridized carbons (Fsp3) is 0. The van der Waals surface area contributed by atoms with Gasteiger partial charge in [-0.15, -0.1) is 0 Å². The maximum atomic E-state index is 11.0. The molecule has 0 aliphatic heterocycles. The van der Waals surface area contributed by atoms with E-state index in [0.29, 0.717) is 0 Å². The van der Waals surface area contributed by atoms with Crippen molar-refractivity contribution in [2.45, 2.75) is 0 Å². The quantitative estimate of drug-likeness (QED) is 0.701. The number of aromatic hydroxyl groups is 2. The van der Waals surface area contributed by atoms with Crippen LogP contribution in [0.3, 0.4) is 0 Å². The number of phenolic OH excluding ortho intramolecular Hbond substituents is 2. The summed E-state index contributed by atoms with van der Waals surface area (Å²) in [6.07, 6.45) is 0. The van der Waals surface area contributed by atoms with Gasteiger partial charge in [-0.05, 0) is 0 Å². The molecule has 0 bridgehead atoms. The maximum absolute atomic E-state index is 11.0. The molecular formula is C8H9NO4S. The van der Waals surface area contributed by atoms with E-state index in [-0.39, 0.29) is 17.2 Å². The summed E-state index contributed by atoms with van der Waals surface area (Å²) < 4.78 is 24.1. The third-order valence-electron chi connectivity index (χ3n) is 1.38. The number of phenols is 2. The second kappa shape index (κ2) is 3.59. The summed E-state index contributed by atoms with van der Waals surface area (Å²) in [5.74, 6) is -0.460. The highest BCUT2D eigenvalue weighted by molar-refractivity contribution is 7.95. The van der Waals surface area contributed by atoms with E-state index in [1.54, 1.807) is 0 Å². The third kappa shape index (κ3) is 2.67.